The van der Waals surface area contributed by atoms with Crippen LogP contribution in [0.1, 0.15) is 10.4 Å². The smallest absolute Gasteiger partial charge is 0.334 e. The molecule has 2 aromatic rings. The highest BCUT2D eigenvalue weighted by Gasteiger charge is 2.17. The Morgan fingerprint density at radius 3 is 3.00 bits per heavy atom. The van der Waals surface area contributed by atoms with Crippen LogP contribution in [0.2, 0.25) is 0 Å². The molecule has 0 saturated carbocycles. The van der Waals surface area contributed by atoms with Gasteiger partial charge in [0.2, 0.25) is 0 Å². The number of fused-ring (bicyclic) bond motifs is 1. The summed E-state index contributed by atoms with van der Waals surface area (Å²) in [6.07, 6.45) is 3.92. The topological polar surface area (TPSA) is 92.9 Å². The second-order valence-electron chi connectivity index (χ2n) is 3.88. The van der Waals surface area contributed by atoms with Gasteiger partial charge in [0.25, 0.3) is 5.91 Å². The van der Waals surface area contributed by atoms with E-state index in [1.165, 1.54) is 7.11 Å². The average Bonchev–Trinajstić information content (AvgIpc) is 2.85. The van der Waals surface area contributed by atoms with Crippen molar-refractivity contribution in [2.45, 2.75) is 6.10 Å². The monoisotopic (exact) mass is 263 g/mol. The van der Waals surface area contributed by atoms with E-state index < -0.39 is 12.1 Å². The van der Waals surface area contributed by atoms with Gasteiger partial charge in [0, 0.05) is 25.7 Å². The third-order valence-electron chi connectivity index (χ3n) is 2.66. The summed E-state index contributed by atoms with van der Waals surface area (Å²) in [4.78, 5) is 26.7. The van der Waals surface area contributed by atoms with Gasteiger partial charge in [-0.05, 0) is 12.1 Å². The number of ether oxygens (including phenoxy) is 1. The van der Waals surface area contributed by atoms with Crippen LogP contribution < -0.4 is 5.32 Å². The number of nitrogens with zero attached hydrogens (tertiary/aromatic N) is 2. The minimum Gasteiger partial charge on any atom is -0.479 e. The van der Waals surface area contributed by atoms with Crippen LogP contribution in [0.5, 0.6) is 0 Å². The molecule has 7 heteroatoms. The number of hydrogen-bond acceptors (Lipinski definition) is 4. The van der Waals surface area contributed by atoms with Gasteiger partial charge < -0.3 is 19.6 Å². The van der Waals surface area contributed by atoms with Gasteiger partial charge in [-0.15, -0.1) is 0 Å². The second kappa shape index (κ2) is 5.49. The molecular weight excluding hydrogens is 250 g/mol. The zero-order valence-corrected chi connectivity index (χ0v) is 10.2. The van der Waals surface area contributed by atoms with Gasteiger partial charge in [-0.2, -0.15) is 0 Å². The Morgan fingerprint density at radius 2 is 2.32 bits per heavy atom. The normalized spacial score (nSPS) is 12.3. The first-order chi connectivity index (χ1) is 9.11. The summed E-state index contributed by atoms with van der Waals surface area (Å²) < 4.78 is 6.43. The molecule has 1 atom stereocenters. The molecule has 2 aromatic heterocycles. The Labute approximate surface area is 108 Å². The van der Waals surface area contributed by atoms with Crippen LogP contribution in [0.3, 0.4) is 0 Å². The summed E-state index contributed by atoms with van der Waals surface area (Å²) >= 11 is 0. The summed E-state index contributed by atoms with van der Waals surface area (Å²) in [5.41, 5.74) is 1.16. The lowest BCUT2D eigenvalue weighted by atomic mass is 10.2. The lowest BCUT2D eigenvalue weighted by molar-refractivity contribution is -0.148. The number of nitrogens with one attached hydrogen (secondary N) is 1. The minimum absolute atomic E-state index is 0.0906. The fourth-order valence-corrected chi connectivity index (χ4v) is 1.61. The van der Waals surface area contributed by atoms with Crippen LogP contribution in [-0.2, 0) is 9.53 Å². The van der Waals surface area contributed by atoms with Crippen LogP contribution in [0, 0.1) is 0 Å². The molecule has 0 aliphatic heterocycles. The molecule has 100 valence electrons. The number of carboxylic acids is 1. The van der Waals surface area contributed by atoms with Crippen molar-refractivity contribution in [1.29, 1.82) is 0 Å². The molecule has 0 radical (unpaired) electrons. The van der Waals surface area contributed by atoms with Gasteiger partial charge in [0.05, 0.1) is 12.1 Å². The second-order valence-corrected chi connectivity index (χ2v) is 3.88. The van der Waals surface area contributed by atoms with E-state index in [-0.39, 0.29) is 12.5 Å². The van der Waals surface area contributed by atoms with E-state index in [4.69, 9.17) is 9.84 Å². The molecule has 19 heavy (non-hydrogen) atoms. The summed E-state index contributed by atoms with van der Waals surface area (Å²) in [6, 6.07) is 3.33. The molecule has 2 rings (SSSR count). The number of amides is 1. The Hall–Kier alpha value is -2.41. The van der Waals surface area contributed by atoms with Gasteiger partial charge in [-0.25, -0.2) is 9.78 Å². The average molecular weight is 263 g/mol. The Bertz CT molecular complexity index is 608. The maximum absolute atomic E-state index is 11.9. The number of carbonyl (C=O) groups excluding carboxylic acids is 1. The summed E-state index contributed by atoms with van der Waals surface area (Å²) in [5.74, 6) is -1.48. The minimum atomic E-state index is -1.12. The van der Waals surface area contributed by atoms with Crippen LogP contribution in [0.4, 0.5) is 0 Å². The van der Waals surface area contributed by atoms with Crippen molar-refractivity contribution >= 4 is 17.5 Å². The van der Waals surface area contributed by atoms with Gasteiger partial charge in [-0.3, -0.25) is 4.79 Å². The van der Waals surface area contributed by atoms with Crippen LogP contribution in [0.25, 0.3) is 5.65 Å². The number of aliphatic carboxylic acids is 1. The zero-order chi connectivity index (χ0) is 13.8. The van der Waals surface area contributed by atoms with Gasteiger partial charge in [0.1, 0.15) is 5.65 Å². The van der Waals surface area contributed by atoms with Crippen molar-refractivity contribution in [2.75, 3.05) is 13.7 Å². The first kappa shape index (κ1) is 13.0. The first-order valence-corrected chi connectivity index (χ1v) is 5.58. The van der Waals surface area contributed by atoms with Crippen molar-refractivity contribution in [3.63, 3.8) is 0 Å². The van der Waals surface area contributed by atoms with E-state index >= 15 is 0 Å². The standard InChI is InChI=1S/C12H13N3O4/c1-19-9(12(17)18)6-14-11(16)8-2-3-10-13-4-5-15(10)7-8/h2-5,7,9H,6H2,1H3,(H,14,16)(H,17,18). The Kier molecular flexibility index (Phi) is 3.76. The number of imidazole rings is 1. The molecule has 2 heterocycles. The highest BCUT2D eigenvalue weighted by atomic mass is 16.5. The highest BCUT2D eigenvalue weighted by Crippen LogP contribution is 2.04. The molecule has 1 unspecified atom stereocenters. The summed E-state index contributed by atoms with van der Waals surface area (Å²) in [5, 5.41) is 11.3. The molecule has 0 spiro atoms. The predicted molar refractivity (Wildman–Crippen MR) is 66.0 cm³/mol. The molecule has 7 nitrogen and oxygen atoms in total. The van der Waals surface area contributed by atoms with Crippen molar-refractivity contribution in [2.24, 2.45) is 0 Å². The number of carboxylic acid groups (broad SMARTS) is 1. The van der Waals surface area contributed by atoms with Gasteiger partial charge in [0.15, 0.2) is 6.10 Å². The fourth-order valence-electron chi connectivity index (χ4n) is 1.61. The quantitative estimate of drug-likeness (QED) is 0.801. The third-order valence-corrected chi connectivity index (χ3v) is 2.66. The number of pyridine rings is 1. The maximum Gasteiger partial charge on any atom is 0.334 e. The van der Waals surface area contributed by atoms with E-state index in [0.717, 1.165) is 5.65 Å². The van der Waals surface area contributed by atoms with E-state index in [1.54, 1.807) is 35.1 Å². The lowest BCUT2D eigenvalue weighted by Gasteiger charge is -2.11. The predicted octanol–water partition coefficient (Wildman–Crippen LogP) is 0.164. The molecule has 1 amide bonds. The number of methoxy groups -OCH3 is 1. The maximum atomic E-state index is 11.9. The largest absolute Gasteiger partial charge is 0.479 e. The van der Waals surface area contributed by atoms with E-state index in [1.807, 2.05) is 0 Å². The molecule has 0 fully saturated rings. The molecule has 0 aliphatic rings. The Balaban J connectivity index is 2.05. The lowest BCUT2D eigenvalue weighted by Crippen LogP contribution is -2.37. The van der Waals surface area contributed by atoms with Crippen molar-refractivity contribution in [3.8, 4) is 0 Å². The molecule has 0 aromatic carbocycles. The fraction of sp³-hybridized carbons (Fsp3) is 0.250. The molecule has 0 saturated heterocycles. The van der Waals surface area contributed by atoms with Crippen LogP contribution >= 0.6 is 0 Å². The SMILES string of the molecule is COC(CNC(=O)c1ccc2nccn2c1)C(=O)O. The van der Waals surface area contributed by atoms with Crippen LogP contribution in [0.15, 0.2) is 30.7 Å². The third kappa shape index (κ3) is 2.89. The highest BCUT2D eigenvalue weighted by molar-refractivity contribution is 5.94. The van der Waals surface area contributed by atoms with E-state index in [0.29, 0.717) is 5.56 Å². The van der Waals surface area contributed by atoms with Gasteiger partial charge >= 0.3 is 5.97 Å². The van der Waals surface area contributed by atoms with Crippen LogP contribution in [-0.4, -0.2) is 46.1 Å². The molecular formula is C12H13N3O4. The summed E-state index contributed by atoms with van der Waals surface area (Å²) in [6.45, 7) is -0.0906. The Morgan fingerprint density at radius 1 is 1.53 bits per heavy atom. The number of rotatable bonds is 5. The van der Waals surface area contributed by atoms with Crippen molar-refractivity contribution in [3.05, 3.63) is 36.3 Å². The summed E-state index contributed by atoms with van der Waals surface area (Å²) in [7, 11) is 1.28. The van der Waals surface area contributed by atoms with Gasteiger partial charge in [-0.1, -0.05) is 0 Å². The van der Waals surface area contributed by atoms with Crippen molar-refractivity contribution < 1.29 is 19.4 Å². The number of hydrogen-bond donors (Lipinski definition) is 2. The first-order valence-electron chi connectivity index (χ1n) is 5.58. The number of aromatic nitrogens is 2. The molecule has 0 aliphatic carbocycles. The molecule has 2 N–H and O–H groups in total. The van der Waals surface area contributed by atoms with Crippen molar-refractivity contribution in [1.82, 2.24) is 14.7 Å². The zero-order valence-electron chi connectivity index (χ0n) is 10.2. The van der Waals surface area contributed by atoms with E-state index in [9.17, 15) is 9.59 Å². The molecule has 0 bridgehead atoms. The van der Waals surface area contributed by atoms with E-state index in [2.05, 4.69) is 10.3 Å². The number of carbonyl (C=O) groups is 2.